The lowest BCUT2D eigenvalue weighted by atomic mass is 9.85. The molecular weight excluding hydrogens is 695 g/mol. The summed E-state index contributed by atoms with van der Waals surface area (Å²) >= 11 is 1.85. The summed E-state index contributed by atoms with van der Waals surface area (Å²) in [5.74, 6) is 0. The SMILES string of the molecule is C=C/C=C(\C=C/C)N(c1ccc(C)cc1)c1ccc2cc(-c3c4ccccc4c(-c4cccc(-c5ccc(-c6ccccc6)s5)c4)c4ccccc34)ccc2c1. The molecule has 0 aliphatic rings. The quantitative estimate of drug-likeness (QED) is 0.105. The molecule has 9 aromatic rings. The van der Waals surface area contributed by atoms with Crippen LogP contribution in [0.15, 0.2) is 213 Å². The molecule has 1 heterocycles. The maximum atomic E-state index is 4.01. The number of allylic oxidation sites excluding steroid dienone is 4. The van der Waals surface area contributed by atoms with Gasteiger partial charge in [-0.25, -0.2) is 0 Å². The topological polar surface area (TPSA) is 3.24 Å². The van der Waals surface area contributed by atoms with Crippen molar-refractivity contribution in [1.29, 1.82) is 0 Å². The van der Waals surface area contributed by atoms with Crippen molar-refractivity contribution in [1.82, 2.24) is 0 Å². The zero-order valence-electron chi connectivity index (χ0n) is 31.6. The van der Waals surface area contributed by atoms with Crippen LogP contribution in [-0.4, -0.2) is 0 Å². The average Bonchev–Trinajstić information content (AvgIpc) is 3.75. The van der Waals surface area contributed by atoms with Crippen LogP contribution in [0.1, 0.15) is 12.5 Å². The first-order valence-corrected chi connectivity index (χ1v) is 20.0. The highest BCUT2D eigenvalue weighted by Crippen LogP contribution is 2.45. The van der Waals surface area contributed by atoms with Gasteiger partial charge in [0.1, 0.15) is 0 Å². The zero-order valence-corrected chi connectivity index (χ0v) is 32.4. The molecule has 0 radical (unpaired) electrons. The molecule has 8 aromatic carbocycles. The molecule has 0 N–H and O–H groups in total. The number of hydrogen-bond donors (Lipinski definition) is 0. The first-order chi connectivity index (χ1) is 27.6. The standard InChI is InChI=1S/C54H41NS/c1-4-14-44(15-5-2)55(45-29-24-37(3)25-30-45)46-31-28-39-34-43(27-26-40(39)36-46)54-49-22-11-9-20-47(49)53(48-21-10-12-23-50(48)54)42-19-13-18-41(35-42)52-33-32-51(56-52)38-16-7-6-8-17-38/h4-36H,1H2,2-3H3/b15-5-,44-14+. The fourth-order valence-electron chi connectivity index (χ4n) is 7.99. The highest BCUT2D eigenvalue weighted by molar-refractivity contribution is 7.18. The largest absolute Gasteiger partial charge is 0.310 e. The van der Waals surface area contributed by atoms with Crippen molar-refractivity contribution < 1.29 is 0 Å². The summed E-state index contributed by atoms with van der Waals surface area (Å²) in [4.78, 5) is 4.85. The average molecular weight is 736 g/mol. The van der Waals surface area contributed by atoms with E-state index in [9.17, 15) is 0 Å². The molecule has 0 atom stereocenters. The Balaban J connectivity index is 1.16. The minimum atomic E-state index is 1.05. The van der Waals surface area contributed by atoms with Gasteiger partial charge in [0.25, 0.3) is 0 Å². The van der Waals surface area contributed by atoms with E-state index in [0.29, 0.717) is 0 Å². The van der Waals surface area contributed by atoms with Gasteiger partial charge in [-0.05, 0) is 140 Å². The molecule has 0 fully saturated rings. The minimum Gasteiger partial charge on any atom is -0.310 e. The number of thiophene rings is 1. The molecule has 268 valence electrons. The first-order valence-electron chi connectivity index (χ1n) is 19.2. The van der Waals surface area contributed by atoms with Gasteiger partial charge >= 0.3 is 0 Å². The molecule has 0 aliphatic heterocycles. The van der Waals surface area contributed by atoms with E-state index in [0.717, 1.165) is 17.1 Å². The summed E-state index contributed by atoms with van der Waals surface area (Å²) in [6.45, 7) is 8.19. The highest BCUT2D eigenvalue weighted by Gasteiger charge is 2.18. The molecule has 1 nitrogen and oxygen atoms in total. The maximum Gasteiger partial charge on any atom is 0.0468 e. The zero-order chi connectivity index (χ0) is 38.0. The van der Waals surface area contributed by atoms with Gasteiger partial charge in [0.05, 0.1) is 0 Å². The second-order valence-electron chi connectivity index (χ2n) is 14.2. The molecular formula is C54H41NS. The normalized spacial score (nSPS) is 11.9. The Morgan fingerprint density at radius 1 is 0.500 bits per heavy atom. The van der Waals surface area contributed by atoms with Crippen LogP contribution in [0, 0.1) is 6.92 Å². The second-order valence-corrected chi connectivity index (χ2v) is 15.3. The van der Waals surface area contributed by atoms with E-state index in [1.54, 1.807) is 0 Å². The van der Waals surface area contributed by atoms with Gasteiger partial charge in [-0.1, -0.05) is 152 Å². The fraction of sp³-hybridized carbons (Fsp3) is 0.0370. The van der Waals surface area contributed by atoms with E-state index in [-0.39, 0.29) is 0 Å². The van der Waals surface area contributed by atoms with Crippen LogP contribution in [0.25, 0.3) is 75.5 Å². The summed E-state index contributed by atoms with van der Waals surface area (Å²) < 4.78 is 0. The van der Waals surface area contributed by atoms with Crippen LogP contribution in [0.4, 0.5) is 11.4 Å². The van der Waals surface area contributed by atoms with Crippen molar-refractivity contribution in [3.63, 3.8) is 0 Å². The summed E-state index contributed by atoms with van der Waals surface area (Å²) in [5, 5.41) is 7.40. The van der Waals surface area contributed by atoms with E-state index in [4.69, 9.17) is 0 Å². The number of nitrogens with zero attached hydrogens (tertiary/aromatic N) is 1. The molecule has 9 rings (SSSR count). The summed E-state index contributed by atoms with van der Waals surface area (Å²) in [7, 11) is 0. The van der Waals surface area contributed by atoms with Gasteiger partial charge in [0, 0.05) is 26.8 Å². The number of benzene rings is 8. The van der Waals surface area contributed by atoms with Crippen LogP contribution >= 0.6 is 11.3 Å². The van der Waals surface area contributed by atoms with Gasteiger partial charge < -0.3 is 4.90 Å². The molecule has 0 saturated carbocycles. The van der Waals surface area contributed by atoms with Gasteiger partial charge in [0.15, 0.2) is 0 Å². The van der Waals surface area contributed by atoms with Gasteiger partial charge in [-0.3, -0.25) is 0 Å². The fourth-order valence-corrected chi connectivity index (χ4v) is 9.00. The maximum absolute atomic E-state index is 4.01. The number of anilines is 2. The third-order valence-corrected chi connectivity index (χ3v) is 11.8. The van der Waals surface area contributed by atoms with Gasteiger partial charge in [-0.2, -0.15) is 0 Å². The summed E-state index contributed by atoms with van der Waals surface area (Å²) in [5.41, 5.74) is 12.0. The van der Waals surface area contributed by atoms with E-state index in [1.807, 2.05) is 17.4 Å². The van der Waals surface area contributed by atoms with E-state index in [2.05, 4.69) is 219 Å². The number of fused-ring (bicyclic) bond motifs is 3. The molecule has 1 aromatic heterocycles. The van der Waals surface area contributed by atoms with Crippen LogP contribution in [0.5, 0.6) is 0 Å². The molecule has 56 heavy (non-hydrogen) atoms. The third-order valence-electron chi connectivity index (χ3n) is 10.6. The van der Waals surface area contributed by atoms with Crippen molar-refractivity contribution in [2.24, 2.45) is 0 Å². The van der Waals surface area contributed by atoms with Crippen molar-refractivity contribution in [2.75, 3.05) is 4.90 Å². The number of hydrogen-bond acceptors (Lipinski definition) is 2. The molecule has 0 aliphatic carbocycles. The first kappa shape index (κ1) is 35.0. The minimum absolute atomic E-state index is 1.05. The number of aryl methyl sites for hydroxylation is 1. The molecule has 0 amide bonds. The molecule has 0 unspecified atom stereocenters. The monoisotopic (exact) mass is 735 g/mol. The molecule has 0 spiro atoms. The Hall–Kier alpha value is -6.74. The predicted octanol–water partition coefficient (Wildman–Crippen LogP) is 16.0. The van der Waals surface area contributed by atoms with Gasteiger partial charge in [-0.15, -0.1) is 11.3 Å². The van der Waals surface area contributed by atoms with Crippen LogP contribution in [-0.2, 0) is 0 Å². The molecule has 0 bridgehead atoms. The summed E-state index contributed by atoms with van der Waals surface area (Å²) in [6.07, 6.45) is 8.12. The smallest absolute Gasteiger partial charge is 0.0468 e. The Morgan fingerprint density at radius 2 is 1.04 bits per heavy atom. The Labute approximate surface area is 333 Å². The van der Waals surface area contributed by atoms with Crippen molar-refractivity contribution in [3.8, 4) is 43.1 Å². The lowest BCUT2D eigenvalue weighted by Gasteiger charge is -2.27. The van der Waals surface area contributed by atoms with Crippen molar-refractivity contribution in [3.05, 3.63) is 218 Å². The Morgan fingerprint density at radius 3 is 1.68 bits per heavy atom. The van der Waals surface area contributed by atoms with E-state index in [1.165, 1.54) is 81.0 Å². The Bertz CT molecular complexity index is 2890. The summed E-state index contributed by atoms with van der Waals surface area (Å²) in [6, 6.07) is 64.5. The predicted molar refractivity (Wildman–Crippen MR) is 245 cm³/mol. The van der Waals surface area contributed by atoms with Crippen molar-refractivity contribution >= 4 is 55.0 Å². The lowest BCUT2D eigenvalue weighted by Crippen LogP contribution is -2.15. The molecule has 0 saturated heterocycles. The highest BCUT2D eigenvalue weighted by atomic mass is 32.1. The second kappa shape index (κ2) is 15.2. The van der Waals surface area contributed by atoms with Crippen LogP contribution in [0.2, 0.25) is 0 Å². The van der Waals surface area contributed by atoms with E-state index >= 15 is 0 Å². The van der Waals surface area contributed by atoms with Crippen LogP contribution < -0.4 is 4.90 Å². The molecule has 2 heteroatoms. The van der Waals surface area contributed by atoms with Crippen molar-refractivity contribution in [2.45, 2.75) is 13.8 Å². The van der Waals surface area contributed by atoms with E-state index < -0.39 is 0 Å². The lowest BCUT2D eigenvalue weighted by molar-refractivity contribution is 1.21. The van der Waals surface area contributed by atoms with Crippen LogP contribution in [0.3, 0.4) is 0 Å². The number of rotatable bonds is 9. The Kier molecular flexibility index (Phi) is 9.49. The van der Waals surface area contributed by atoms with Gasteiger partial charge in [0.2, 0.25) is 0 Å². The third kappa shape index (κ3) is 6.55.